The number of hydrogen-bond acceptors (Lipinski definition) is 5. The summed E-state index contributed by atoms with van der Waals surface area (Å²) in [6.45, 7) is 1.69. The van der Waals surface area contributed by atoms with Gasteiger partial charge in [0.1, 0.15) is 0 Å². The first-order valence-corrected chi connectivity index (χ1v) is 5.99. The Morgan fingerprint density at radius 2 is 2.07 bits per heavy atom. The van der Waals surface area contributed by atoms with Gasteiger partial charge >= 0.3 is 41.5 Å². The van der Waals surface area contributed by atoms with Gasteiger partial charge in [-0.25, -0.2) is 0 Å². The van der Waals surface area contributed by atoms with Crippen LogP contribution in [0.2, 0.25) is 0 Å². The Morgan fingerprint density at radius 3 is 2.40 bits per heavy atom. The van der Waals surface area contributed by atoms with Crippen molar-refractivity contribution in [3.8, 4) is 0 Å². The normalized spacial score (nSPS) is 13.5. The predicted molar refractivity (Wildman–Crippen MR) is 65.8 cm³/mol. The zero-order chi connectivity index (χ0) is 11.1. The number of carbonyl (C=O) groups is 2. The first-order valence-electron chi connectivity index (χ1n) is 4.07. The van der Waals surface area contributed by atoms with Crippen molar-refractivity contribution in [2.45, 2.75) is 18.8 Å². The first kappa shape index (κ1) is 18.0. The second-order valence-corrected chi connectivity index (χ2v) is 4.15. The zero-order valence-corrected chi connectivity index (χ0v) is 9.81. The summed E-state index contributed by atoms with van der Waals surface area (Å²) in [5, 5.41) is 8.50. The third-order valence-electron chi connectivity index (χ3n) is 1.53. The molecule has 0 unspecified atom stereocenters. The fourth-order valence-corrected chi connectivity index (χ4v) is 1.29. The molecule has 2 atom stereocenters. The van der Waals surface area contributed by atoms with Crippen molar-refractivity contribution in [2.75, 3.05) is 12.0 Å². The van der Waals surface area contributed by atoms with Crippen LogP contribution in [0.15, 0.2) is 0 Å². The van der Waals surface area contributed by atoms with E-state index in [2.05, 4.69) is 12.6 Å². The molecule has 0 rings (SSSR count). The number of rotatable bonds is 6. The molecule has 1 N–H and O–H groups in total. The summed E-state index contributed by atoms with van der Waals surface area (Å²) in [5.74, 6) is -1.29. The SMILES string of the molecule is CS[C@H](CC(=O)O)OC(=O)[C@H](C)CS.[NaH]. The fourth-order valence-electron chi connectivity index (χ4n) is 0.636. The van der Waals surface area contributed by atoms with Crippen LogP contribution < -0.4 is 0 Å². The Balaban J connectivity index is 0. The van der Waals surface area contributed by atoms with Gasteiger partial charge < -0.3 is 9.84 Å². The van der Waals surface area contributed by atoms with Crippen molar-refractivity contribution in [1.29, 1.82) is 0 Å². The van der Waals surface area contributed by atoms with Gasteiger partial charge in [0.05, 0.1) is 12.3 Å². The van der Waals surface area contributed by atoms with E-state index in [-0.39, 0.29) is 41.9 Å². The molecule has 0 fully saturated rings. The van der Waals surface area contributed by atoms with Crippen LogP contribution in [0, 0.1) is 5.92 Å². The van der Waals surface area contributed by atoms with Crippen LogP contribution in [0.1, 0.15) is 13.3 Å². The molecule has 84 valence electrons. The molecule has 0 bridgehead atoms. The predicted octanol–water partition coefficient (Wildman–Crippen LogP) is 0.611. The summed E-state index contributed by atoms with van der Waals surface area (Å²) >= 11 is 5.16. The Morgan fingerprint density at radius 1 is 1.53 bits per heavy atom. The number of thiol groups is 1. The molecular weight excluding hydrogens is 247 g/mol. The van der Waals surface area contributed by atoms with E-state index in [1.165, 1.54) is 11.8 Å². The monoisotopic (exact) mass is 262 g/mol. The van der Waals surface area contributed by atoms with Gasteiger partial charge in [-0.05, 0) is 6.26 Å². The van der Waals surface area contributed by atoms with Crippen molar-refractivity contribution in [3.63, 3.8) is 0 Å². The first-order chi connectivity index (χ1) is 6.51. The molecule has 0 aromatic heterocycles. The number of carboxylic acid groups (broad SMARTS) is 1. The second-order valence-electron chi connectivity index (χ2n) is 2.78. The number of hydrogen-bond donors (Lipinski definition) is 2. The number of carboxylic acids is 1. The van der Waals surface area contributed by atoms with Gasteiger partial charge in [0.15, 0.2) is 5.44 Å². The van der Waals surface area contributed by atoms with Crippen LogP contribution in [-0.4, -0.2) is 64.0 Å². The minimum atomic E-state index is -0.976. The average molecular weight is 262 g/mol. The van der Waals surface area contributed by atoms with Gasteiger partial charge in [0.25, 0.3) is 0 Å². The van der Waals surface area contributed by atoms with Crippen LogP contribution in [0.4, 0.5) is 0 Å². The van der Waals surface area contributed by atoms with E-state index >= 15 is 0 Å². The molecule has 0 radical (unpaired) electrons. The molecule has 0 aliphatic carbocycles. The summed E-state index contributed by atoms with van der Waals surface area (Å²) in [4.78, 5) is 21.6. The molecule has 0 heterocycles. The number of ether oxygens (including phenoxy) is 1. The molecule has 0 aromatic carbocycles. The van der Waals surface area contributed by atoms with Crippen LogP contribution in [0.5, 0.6) is 0 Å². The van der Waals surface area contributed by atoms with Crippen LogP contribution in [-0.2, 0) is 14.3 Å². The summed E-state index contributed by atoms with van der Waals surface area (Å²) in [5.41, 5.74) is -0.609. The van der Waals surface area contributed by atoms with Gasteiger partial charge in [-0.1, -0.05) is 6.92 Å². The standard InChI is InChI=1S/C8H14O4S2.Na.H/c1-5(4-13)8(11)12-7(14-2)3-6(9)10;;/h5,7,13H,3-4H2,1-2H3,(H,9,10);;/t5-,7-;;/m1../s1. The number of carbonyl (C=O) groups excluding carboxylic acids is 1. The summed E-state index contributed by atoms with van der Waals surface area (Å²) in [6.07, 6.45) is 1.53. The van der Waals surface area contributed by atoms with Crippen molar-refractivity contribution >= 4 is 65.9 Å². The molecule has 0 saturated heterocycles. The Bertz CT molecular complexity index is 213. The van der Waals surface area contributed by atoms with E-state index in [0.29, 0.717) is 5.75 Å². The number of esters is 1. The molecule has 15 heavy (non-hydrogen) atoms. The van der Waals surface area contributed by atoms with E-state index in [9.17, 15) is 9.59 Å². The Kier molecular flexibility index (Phi) is 11.8. The molecule has 0 saturated carbocycles. The quantitative estimate of drug-likeness (QED) is 0.318. The molecule has 7 heteroatoms. The van der Waals surface area contributed by atoms with Gasteiger partial charge in [0.2, 0.25) is 0 Å². The summed E-state index contributed by atoms with van der Waals surface area (Å²) < 4.78 is 4.96. The zero-order valence-electron chi connectivity index (χ0n) is 8.10. The van der Waals surface area contributed by atoms with Gasteiger partial charge in [0, 0.05) is 5.75 Å². The fraction of sp³-hybridized carbons (Fsp3) is 0.750. The van der Waals surface area contributed by atoms with E-state index in [1.54, 1.807) is 13.2 Å². The number of thioether (sulfide) groups is 1. The van der Waals surface area contributed by atoms with Gasteiger partial charge in [-0.2, -0.15) is 12.6 Å². The van der Waals surface area contributed by atoms with Crippen LogP contribution in [0.25, 0.3) is 0 Å². The average Bonchev–Trinajstić information content (AvgIpc) is 2.14. The van der Waals surface area contributed by atoms with Crippen LogP contribution in [0.3, 0.4) is 0 Å². The Labute approximate surface area is 121 Å². The Hall–Kier alpha value is 0.640. The van der Waals surface area contributed by atoms with E-state index < -0.39 is 17.4 Å². The van der Waals surface area contributed by atoms with Crippen molar-refractivity contribution in [2.24, 2.45) is 5.92 Å². The maximum atomic E-state index is 11.2. The third kappa shape index (κ3) is 8.45. The topological polar surface area (TPSA) is 63.6 Å². The third-order valence-corrected chi connectivity index (χ3v) is 2.86. The van der Waals surface area contributed by atoms with E-state index in [0.717, 1.165) is 0 Å². The maximum absolute atomic E-state index is 11.2. The molecule has 0 aromatic rings. The molecule has 4 nitrogen and oxygen atoms in total. The molecular formula is C8H15NaO4S2. The van der Waals surface area contributed by atoms with E-state index in [4.69, 9.17) is 9.84 Å². The molecule has 0 aliphatic rings. The second kappa shape index (κ2) is 9.84. The molecule has 0 spiro atoms. The van der Waals surface area contributed by atoms with Crippen LogP contribution >= 0.6 is 24.4 Å². The van der Waals surface area contributed by atoms with E-state index in [1.807, 2.05) is 0 Å². The van der Waals surface area contributed by atoms with Crippen molar-refractivity contribution in [3.05, 3.63) is 0 Å². The molecule has 0 aliphatic heterocycles. The number of aliphatic carboxylic acids is 1. The van der Waals surface area contributed by atoms with Gasteiger partial charge in [-0.3, -0.25) is 9.59 Å². The van der Waals surface area contributed by atoms with Gasteiger partial charge in [-0.15, -0.1) is 11.8 Å². The summed E-state index contributed by atoms with van der Waals surface area (Å²) in [6, 6.07) is 0. The minimum absolute atomic E-state index is 0. The van der Waals surface area contributed by atoms with Crippen molar-refractivity contribution in [1.82, 2.24) is 0 Å². The summed E-state index contributed by atoms with van der Waals surface area (Å²) in [7, 11) is 0. The molecule has 0 amide bonds. The van der Waals surface area contributed by atoms with Crippen molar-refractivity contribution < 1.29 is 19.4 Å².